The minimum absolute atomic E-state index is 0.254. The number of aromatic carboxylic acids is 1. The van der Waals surface area contributed by atoms with Gasteiger partial charge in [-0.05, 0) is 31.2 Å². The van der Waals surface area contributed by atoms with Gasteiger partial charge in [0.25, 0.3) is 0 Å². The minimum atomic E-state index is -4.60. The van der Waals surface area contributed by atoms with E-state index in [2.05, 4.69) is 25.9 Å². The van der Waals surface area contributed by atoms with Crippen LogP contribution < -0.4 is 0 Å². The summed E-state index contributed by atoms with van der Waals surface area (Å²) in [7, 11) is 0. The molecule has 8 heteroatoms. The Balaban J connectivity index is 2.70. The summed E-state index contributed by atoms with van der Waals surface area (Å²) in [6, 6.07) is 4.71. The highest BCUT2D eigenvalue weighted by atomic mass is 79.9. The zero-order valence-corrected chi connectivity index (χ0v) is 12.2. The molecule has 0 radical (unpaired) electrons. The summed E-state index contributed by atoms with van der Waals surface area (Å²) < 4.78 is 39.5. The Labute approximate surface area is 125 Å². The first kappa shape index (κ1) is 15.4. The first-order chi connectivity index (χ1) is 9.68. The van der Waals surface area contributed by atoms with E-state index in [-0.39, 0.29) is 27.2 Å². The van der Waals surface area contributed by atoms with Crippen LogP contribution in [-0.4, -0.2) is 21.0 Å². The first-order valence-corrected chi connectivity index (χ1v) is 6.44. The van der Waals surface area contributed by atoms with Gasteiger partial charge < -0.3 is 5.11 Å². The molecule has 0 fully saturated rings. The van der Waals surface area contributed by atoms with Crippen LogP contribution in [-0.2, 0) is 6.18 Å². The maximum atomic E-state index is 13.1. The maximum Gasteiger partial charge on any atom is 0.417 e. The van der Waals surface area contributed by atoms with Crippen LogP contribution in [0.4, 0.5) is 13.2 Å². The van der Waals surface area contributed by atoms with E-state index in [0.717, 1.165) is 6.07 Å². The maximum absolute atomic E-state index is 13.1. The van der Waals surface area contributed by atoms with Crippen molar-refractivity contribution in [3.05, 3.63) is 45.7 Å². The summed E-state index contributed by atoms with van der Waals surface area (Å²) >= 11 is 2.98. The molecule has 2 rings (SSSR count). The molecule has 0 aliphatic heterocycles. The van der Waals surface area contributed by atoms with Crippen LogP contribution in [0, 0.1) is 6.92 Å². The summed E-state index contributed by atoms with van der Waals surface area (Å²) in [6.45, 7) is 1.49. The van der Waals surface area contributed by atoms with E-state index in [9.17, 15) is 18.0 Å². The number of carboxylic acids is 1. The quantitative estimate of drug-likeness (QED) is 0.881. The standard InChI is InChI=1S/C13H8BrF3N2O2/c1-6-4-10(12(20)21)19-11(18-6)8-3-2-7(14)5-9(8)13(15,16)17/h2-5H,1H3,(H,20,21). The molecule has 21 heavy (non-hydrogen) atoms. The van der Waals surface area contributed by atoms with Crippen molar-refractivity contribution in [3.8, 4) is 11.4 Å². The molecule has 2 aromatic rings. The molecule has 1 aromatic carbocycles. The lowest BCUT2D eigenvalue weighted by Crippen LogP contribution is -2.10. The molecule has 0 bridgehead atoms. The molecule has 4 nitrogen and oxygen atoms in total. The molecule has 0 unspecified atom stereocenters. The predicted octanol–water partition coefficient (Wildman–Crippen LogP) is 3.93. The fourth-order valence-corrected chi connectivity index (χ4v) is 2.11. The van der Waals surface area contributed by atoms with Crippen molar-refractivity contribution in [3.63, 3.8) is 0 Å². The lowest BCUT2D eigenvalue weighted by molar-refractivity contribution is -0.137. The van der Waals surface area contributed by atoms with Gasteiger partial charge in [-0.1, -0.05) is 15.9 Å². The SMILES string of the molecule is Cc1cc(C(=O)O)nc(-c2ccc(Br)cc2C(F)(F)F)n1. The highest BCUT2D eigenvalue weighted by molar-refractivity contribution is 9.10. The van der Waals surface area contributed by atoms with Gasteiger partial charge in [0.15, 0.2) is 11.5 Å². The fraction of sp³-hybridized carbons (Fsp3) is 0.154. The minimum Gasteiger partial charge on any atom is -0.477 e. The van der Waals surface area contributed by atoms with E-state index >= 15 is 0 Å². The van der Waals surface area contributed by atoms with Crippen molar-refractivity contribution >= 4 is 21.9 Å². The Hall–Kier alpha value is -1.96. The van der Waals surface area contributed by atoms with Crippen molar-refractivity contribution < 1.29 is 23.1 Å². The number of aromatic nitrogens is 2. The van der Waals surface area contributed by atoms with Crippen molar-refractivity contribution in [2.24, 2.45) is 0 Å². The summed E-state index contributed by atoms with van der Waals surface area (Å²) in [5.74, 6) is -1.60. The number of benzene rings is 1. The van der Waals surface area contributed by atoms with Gasteiger partial charge in [-0.25, -0.2) is 14.8 Å². The average Bonchev–Trinajstić information content (AvgIpc) is 2.36. The second-order valence-electron chi connectivity index (χ2n) is 4.21. The van der Waals surface area contributed by atoms with E-state index in [1.165, 1.54) is 25.1 Å². The third kappa shape index (κ3) is 3.38. The molecule has 0 saturated heterocycles. The normalized spacial score (nSPS) is 11.5. The predicted molar refractivity (Wildman–Crippen MR) is 71.9 cm³/mol. The number of alkyl halides is 3. The largest absolute Gasteiger partial charge is 0.477 e. The van der Waals surface area contributed by atoms with Crippen molar-refractivity contribution in [1.29, 1.82) is 0 Å². The van der Waals surface area contributed by atoms with Crippen molar-refractivity contribution in [2.75, 3.05) is 0 Å². The molecule has 110 valence electrons. The van der Waals surface area contributed by atoms with Crippen molar-refractivity contribution in [2.45, 2.75) is 13.1 Å². The van der Waals surface area contributed by atoms with Gasteiger partial charge in [0.1, 0.15) is 0 Å². The van der Waals surface area contributed by atoms with Crippen LogP contribution >= 0.6 is 15.9 Å². The highest BCUT2D eigenvalue weighted by Gasteiger charge is 2.34. The summed E-state index contributed by atoms with van der Waals surface area (Å²) in [5.41, 5.74) is -1.28. The smallest absolute Gasteiger partial charge is 0.417 e. The van der Waals surface area contributed by atoms with Crippen LogP contribution in [0.5, 0.6) is 0 Å². The molecule has 0 aliphatic carbocycles. The van der Waals surface area contributed by atoms with Gasteiger partial charge >= 0.3 is 12.1 Å². The van der Waals surface area contributed by atoms with Crippen LogP contribution in [0.1, 0.15) is 21.7 Å². The Morgan fingerprint density at radius 1 is 1.24 bits per heavy atom. The van der Waals surface area contributed by atoms with Gasteiger partial charge in [0.2, 0.25) is 0 Å². The van der Waals surface area contributed by atoms with Gasteiger partial charge in [-0.15, -0.1) is 0 Å². The average molecular weight is 361 g/mol. The molecule has 0 saturated carbocycles. The summed E-state index contributed by atoms with van der Waals surface area (Å²) in [4.78, 5) is 18.5. The third-order valence-corrected chi connectivity index (χ3v) is 3.09. The summed E-state index contributed by atoms with van der Waals surface area (Å²) in [6.07, 6.45) is -4.60. The Kier molecular flexibility index (Phi) is 3.99. The monoisotopic (exact) mass is 360 g/mol. The number of hydrogen-bond acceptors (Lipinski definition) is 3. The van der Waals surface area contributed by atoms with Gasteiger partial charge in [-0.3, -0.25) is 0 Å². The Morgan fingerprint density at radius 2 is 1.90 bits per heavy atom. The van der Waals surface area contributed by atoms with Crippen LogP contribution in [0.3, 0.4) is 0 Å². The Morgan fingerprint density at radius 3 is 2.48 bits per heavy atom. The fourth-order valence-electron chi connectivity index (χ4n) is 1.74. The number of hydrogen-bond donors (Lipinski definition) is 1. The van der Waals surface area contributed by atoms with Crippen LogP contribution in [0.25, 0.3) is 11.4 Å². The molecule has 0 atom stereocenters. The number of carbonyl (C=O) groups is 1. The molecular formula is C13H8BrF3N2O2. The summed E-state index contributed by atoms with van der Waals surface area (Å²) in [5, 5.41) is 8.93. The Bertz CT molecular complexity index is 717. The van der Waals surface area contributed by atoms with Crippen LogP contribution in [0.2, 0.25) is 0 Å². The molecule has 1 heterocycles. The van der Waals surface area contributed by atoms with E-state index in [4.69, 9.17) is 5.11 Å². The number of rotatable bonds is 2. The van der Waals surface area contributed by atoms with Gasteiger partial charge in [0, 0.05) is 15.7 Å². The first-order valence-electron chi connectivity index (χ1n) is 5.64. The molecular weight excluding hydrogens is 353 g/mol. The lowest BCUT2D eigenvalue weighted by Gasteiger charge is -2.13. The van der Waals surface area contributed by atoms with Crippen molar-refractivity contribution in [1.82, 2.24) is 9.97 Å². The lowest BCUT2D eigenvalue weighted by atomic mass is 10.1. The van der Waals surface area contributed by atoms with E-state index in [1.54, 1.807) is 0 Å². The second-order valence-corrected chi connectivity index (χ2v) is 5.13. The molecule has 1 N–H and O–H groups in total. The molecule has 1 aromatic heterocycles. The van der Waals surface area contributed by atoms with E-state index < -0.39 is 17.7 Å². The zero-order valence-electron chi connectivity index (χ0n) is 10.6. The number of aryl methyl sites for hydroxylation is 1. The van der Waals surface area contributed by atoms with E-state index in [0.29, 0.717) is 0 Å². The molecule has 0 spiro atoms. The number of carboxylic acid groups (broad SMARTS) is 1. The van der Waals surface area contributed by atoms with Gasteiger partial charge in [-0.2, -0.15) is 13.2 Å². The molecule has 0 amide bonds. The zero-order chi connectivity index (χ0) is 15.8. The third-order valence-electron chi connectivity index (χ3n) is 2.60. The topological polar surface area (TPSA) is 63.1 Å². The highest BCUT2D eigenvalue weighted by Crippen LogP contribution is 2.37. The molecule has 0 aliphatic rings. The van der Waals surface area contributed by atoms with E-state index in [1.807, 2.05) is 0 Å². The number of halogens is 4. The second kappa shape index (κ2) is 5.44. The van der Waals surface area contributed by atoms with Crippen LogP contribution in [0.15, 0.2) is 28.7 Å². The van der Waals surface area contributed by atoms with Gasteiger partial charge in [0.05, 0.1) is 5.56 Å². The number of nitrogens with zero attached hydrogens (tertiary/aromatic N) is 2.